The standard InChI is InChI=1S/C18H16N6O/c1-13(23-12-19-11-20-23)17(25)22-18-21-15-9-5-6-10-16(15)24(18)14-7-3-2-4-8-14/h2-13H,1H3,(H,21,22,25)/t13-/m0/s1. The van der Waals surface area contributed by atoms with E-state index < -0.39 is 6.04 Å². The first kappa shape index (κ1) is 15.1. The number of imidazole rings is 1. The van der Waals surface area contributed by atoms with Crippen molar-refractivity contribution in [3.05, 3.63) is 67.3 Å². The van der Waals surface area contributed by atoms with E-state index in [1.807, 2.05) is 59.2 Å². The first-order valence-corrected chi connectivity index (χ1v) is 7.92. The maximum Gasteiger partial charge on any atom is 0.251 e. The SMILES string of the molecule is C[C@@H](C(=O)Nc1nc2ccccc2n1-c1ccccc1)n1cncn1. The van der Waals surface area contributed by atoms with Gasteiger partial charge in [0.05, 0.1) is 11.0 Å². The Hall–Kier alpha value is -3.48. The number of para-hydroxylation sites is 3. The maximum absolute atomic E-state index is 12.6. The number of nitrogens with zero attached hydrogens (tertiary/aromatic N) is 5. The lowest BCUT2D eigenvalue weighted by molar-refractivity contribution is -0.119. The lowest BCUT2D eigenvalue weighted by Gasteiger charge is -2.13. The van der Waals surface area contributed by atoms with Gasteiger partial charge in [-0.3, -0.25) is 14.7 Å². The van der Waals surface area contributed by atoms with Gasteiger partial charge in [0.15, 0.2) is 0 Å². The van der Waals surface area contributed by atoms with E-state index in [0.29, 0.717) is 5.95 Å². The van der Waals surface area contributed by atoms with Gasteiger partial charge in [-0.1, -0.05) is 30.3 Å². The van der Waals surface area contributed by atoms with Crippen LogP contribution in [0.25, 0.3) is 16.7 Å². The molecular weight excluding hydrogens is 316 g/mol. The fraction of sp³-hybridized carbons (Fsp3) is 0.111. The largest absolute Gasteiger partial charge is 0.294 e. The first-order chi connectivity index (χ1) is 12.2. The topological polar surface area (TPSA) is 77.6 Å². The van der Waals surface area contributed by atoms with Crippen molar-refractivity contribution in [3.8, 4) is 5.69 Å². The van der Waals surface area contributed by atoms with Crippen LogP contribution < -0.4 is 5.32 Å². The zero-order valence-electron chi connectivity index (χ0n) is 13.6. The van der Waals surface area contributed by atoms with Crippen LogP contribution >= 0.6 is 0 Å². The Morgan fingerprint density at radius 1 is 1.08 bits per heavy atom. The Labute approximate surface area is 143 Å². The number of anilines is 1. The summed E-state index contributed by atoms with van der Waals surface area (Å²) in [5.41, 5.74) is 2.67. The number of aromatic nitrogens is 5. The van der Waals surface area contributed by atoms with Gasteiger partial charge in [-0.2, -0.15) is 5.10 Å². The fourth-order valence-electron chi connectivity index (χ4n) is 2.70. The summed E-state index contributed by atoms with van der Waals surface area (Å²) in [4.78, 5) is 21.1. The molecule has 0 unspecified atom stereocenters. The van der Waals surface area contributed by atoms with Crippen molar-refractivity contribution in [1.82, 2.24) is 24.3 Å². The number of fused-ring (bicyclic) bond motifs is 1. The van der Waals surface area contributed by atoms with E-state index in [-0.39, 0.29) is 5.91 Å². The van der Waals surface area contributed by atoms with E-state index in [9.17, 15) is 4.79 Å². The molecule has 0 saturated carbocycles. The van der Waals surface area contributed by atoms with Gasteiger partial charge < -0.3 is 0 Å². The molecule has 2 aromatic carbocycles. The highest BCUT2D eigenvalue weighted by Crippen LogP contribution is 2.25. The van der Waals surface area contributed by atoms with Gasteiger partial charge in [0.1, 0.15) is 18.7 Å². The van der Waals surface area contributed by atoms with Crippen molar-refractivity contribution >= 4 is 22.9 Å². The molecule has 0 radical (unpaired) electrons. The van der Waals surface area contributed by atoms with Crippen LogP contribution in [-0.4, -0.2) is 30.2 Å². The third-order valence-corrected chi connectivity index (χ3v) is 4.02. The van der Waals surface area contributed by atoms with Gasteiger partial charge >= 0.3 is 0 Å². The zero-order chi connectivity index (χ0) is 17.2. The minimum atomic E-state index is -0.494. The molecule has 2 heterocycles. The predicted octanol–water partition coefficient (Wildman–Crippen LogP) is 2.82. The lowest BCUT2D eigenvalue weighted by Crippen LogP contribution is -2.25. The highest BCUT2D eigenvalue weighted by Gasteiger charge is 2.20. The number of nitrogens with one attached hydrogen (secondary N) is 1. The zero-order valence-corrected chi connectivity index (χ0v) is 13.6. The second kappa shape index (κ2) is 6.20. The Morgan fingerprint density at radius 2 is 1.84 bits per heavy atom. The Balaban J connectivity index is 1.75. The van der Waals surface area contributed by atoms with Gasteiger partial charge in [0.25, 0.3) is 5.91 Å². The molecule has 7 heteroatoms. The van der Waals surface area contributed by atoms with Gasteiger partial charge in [-0.15, -0.1) is 0 Å². The van der Waals surface area contributed by atoms with Crippen molar-refractivity contribution in [2.24, 2.45) is 0 Å². The predicted molar refractivity (Wildman–Crippen MR) is 94.4 cm³/mol. The summed E-state index contributed by atoms with van der Waals surface area (Å²) in [5.74, 6) is 0.266. The number of hydrogen-bond acceptors (Lipinski definition) is 4. The fourth-order valence-corrected chi connectivity index (χ4v) is 2.70. The average Bonchev–Trinajstić information content (AvgIpc) is 3.29. The Bertz CT molecular complexity index is 1010. The molecule has 124 valence electrons. The van der Waals surface area contributed by atoms with Crippen molar-refractivity contribution in [1.29, 1.82) is 0 Å². The van der Waals surface area contributed by atoms with Crippen LogP contribution in [0.5, 0.6) is 0 Å². The number of carbonyl (C=O) groups excluding carboxylic acids is 1. The van der Waals surface area contributed by atoms with Gasteiger partial charge in [-0.05, 0) is 31.2 Å². The molecule has 0 aliphatic heterocycles. The third-order valence-electron chi connectivity index (χ3n) is 4.02. The van der Waals surface area contributed by atoms with E-state index in [0.717, 1.165) is 16.7 Å². The van der Waals surface area contributed by atoms with E-state index in [4.69, 9.17) is 0 Å². The molecule has 1 amide bonds. The molecule has 0 bridgehead atoms. The lowest BCUT2D eigenvalue weighted by atomic mass is 10.3. The van der Waals surface area contributed by atoms with Crippen LogP contribution in [0.1, 0.15) is 13.0 Å². The van der Waals surface area contributed by atoms with Crippen molar-refractivity contribution in [3.63, 3.8) is 0 Å². The summed E-state index contributed by atoms with van der Waals surface area (Å²) in [7, 11) is 0. The van der Waals surface area contributed by atoms with Crippen molar-refractivity contribution < 1.29 is 4.79 Å². The number of benzene rings is 2. The average molecular weight is 332 g/mol. The smallest absolute Gasteiger partial charge is 0.251 e. The van der Waals surface area contributed by atoms with E-state index >= 15 is 0 Å². The number of amides is 1. The summed E-state index contributed by atoms with van der Waals surface area (Å²) < 4.78 is 3.44. The second-order valence-corrected chi connectivity index (χ2v) is 5.64. The highest BCUT2D eigenvalue weighted by molar-refractivity contribution is 5.94. The molecule has 0 spiro atoms. The van der Waals surface area contributed by atoms with Gasteiger partial charge in [0, 0.05) is 5.69 Å². The first-order valence-electron chi connectivity index (χ1n) is 7.92. The molecule has 4 aromatic rings. The molecule has 0 aliphatic carbocycles. The molecule has 4 rings (SSSR count). The molecule has 0 aliphatic rings. The minimum absolute atomic E-state index is 0.210. The van der Waals surface area contributed by atoms with Gasteiger partial charge in [0.2, 0.25) is 5.95 Å². The normalized spacial score (nSPS) is 12.2. The quantitative estimate of drug-likeness (QED) is 0.623. The molecule has 1 atom stereocenters. The van der Waals surface area contributed by atoms with Crippen LogP contribution in [0.2, 0.25) is 0 Å². The molecule has 1 N–H and O–H groups in total. The number of rotatable bonds is 4. The Kier molecular flexibility index (Phi) is 3.74. The van der Waals surface area contributed by atoms with E-state index in [1.165, 1.54) is 17.3 Å². The second-order valence-electron chi connectivity index (χ2n) is 5.64. The van der Waals surface area contributed by atoms with E-state index in [1.54, 1.807) is 6.92 Å². The van der Waals surface area contributed by atoms with Crippen LogP contribution in [0.4, 0.5) is 5.95 Å². The number of carbonyl (C=O) groups is 1. The third kappa shape index (κ3) is 2.76. The van der Waals surface area contributed by atoms with Crippen LogP contribution in [0, 0.1) is 0 Å². The summed E-state index contributed by atoms with van der Waals surface area (Å²) in [5, 5.41) is 6.93. The minimum Gasteiger partial charge on any atom is -0.294 e. The van der Waals surface area contributed by atoms with Crippen molar-refractivity contribution in [2.45, 2.75) is 13.0 Å². The monoisotopic (exact) mass is 332 g/mol. The van der Waals surface area contributed by atoms with Crippen molar-refractivity contribution in [2.75, 3.05) is 5.32 Å². The molecule has 25 heavy (non-hydrogen) atoms. The number of hydrogen-bond donors (Lipinski definition) is 1. The van der Waals surface area contributed by atoms with Crippen LogP contribution in [-0.2, 0) is 4.79 Å². The van der Waals surface area contributed by atoms with Gasteiger partial charge in [-0.25, -0.2) is 14.6 Å². The van der Waals surface area contributed by atoms with Crippen LogP contribution in [0.3, 0.4) is 0 Å². The Morgan fingerprint density at radius 3 is 2.60 bits per heavy atom. The molecule has 0 fully saturated rings. The summed E-state index contributed by atoms with van der Waals surface area (Å²) in [6.45, 7) is 1.76. The van der Waals surface area contributed by atoms with E-state index in [2.05, 4.69) is 20.4 Å². The maximum atomic E-state index is 12.6. The molecule has 0 saturated heterocycles. The summed E-state index contributed by atoms with van der Waals surface area (Å²) in [6, 6.07) is 17.1. The van der Waals surface area contributed by atoms with Crippen LogP contribution in [0.15, 0.2) is 67.3 Å². The molecule has 7 nitrogen and oxygen atoms in total. The highest BCUT2D eigenvalue weighted by atomic mass is 16.2. The summed E-state index contributed by atoms with van der Waals surface area (Å²) in [6.07, 6.45) is 2.92. The summed E-state index contributed by atoms with van der Waals surface area (Å²) >= 11 is 0. The molecular formula is C18H16N6O. The molecule has 2 aromatic heterocycles.